The summed E-state index contributed by atoms with van der Waals surface area (Å²) in [5, 5.41) is 12.8. The number of aromatic hydroxyl groups is 1. The molecule has 0 fully saturated rings. The molecule has 0 radical (unpaired) electrons. The fourth-order valence-electron chi connectivity index (χ4n) is 1.91. The molecule has 1 rings (SSSR count). The van der Waals surface area contributed by atoms with E-state index in [1.807, 2.05) is 32.9 Å². The lowest BCUT2D eigenvalue weighted by Crippen LogP contribution is -2.31. The smallest absolute Gasteiger partial charge is 0.341 e. The number of carbonyl (C=O) groups excluding carboxylic acids is 2. The van der Waals surface area contributed by atoms with Gasteiger partial charge in [0.2, 0.25) is 0 Å². The van der Waals surface area contributed by atoms with E-state index >= 15 is 0 Å². The molecule has 6 heteroatoms. The predicted octanol–water partition coefficient (Wildman–Crippen LogP) is 2.51. The Balaban J connectivity index is 2.37. The van der Waals surface area contributed by atoms with Crippen molar-refractivity contribution in [2.45, 2.75) is 32.8 Å². The normalized spacial score (nSPS) is 11.5. The molecule has 0 aromatic heterocycles. The van der Waals surface area contributed by atoms with Crippen molar-refractivity contribution in [3.05, 3.63) is 35.4 Å². The van der Waals surface area contributed by atoms with Crippen LogP contribution in [0.3, 0.4) is 0 Å². The van der Waals surface area contributed by atoms with Crippen molar-refractivity contribution < 1.29 is 24.2 Å². The summed E-state index contributed by atoms with van der Waals surface area (Å²) in [6.07, 6.45) is 4.45. The van der Waals surface area contributed by atoms with E-state index in [2.05, 4.69) is 10.1 Å². The van der Waals surface area contributed by atoms with Crippen LogP contribution in [0, 0.1) is 0 Å². The monoisotopic (exact) mass is 335 g/mol. The van der Waals surface area contributed by atoms with Crippen LogP contribution in [0.4, 0.5) is 0 Å². The quantitative estimate of drug-likeness (QED) is 0.588. The lowest BCUT2D eigenvalue weighted by molar-refractivity contribution is -0.153. The SMILES string of the molecule is COC(=O)c1ccc(/C=C/CCNCC(=O)OC(C)(C)C)cc1O. The molecule has 132 valence electrons. The van der Waals surface area contributed by atoms with Crippen molar-refractivity contribution in [1.82, 2.24) is 5.32 Å². The van der Waals surface area contributed by atoms with Gasteiger partial charge in [-0.25, -0.2) is 4.79 Å². The van der Waals surface area contributed by atoms with Crippen LogP contribution >= 0.6 is 0 Å². The van der Waals surface area contributed by atoms with Crippen molar-refractivity contribution in [2.75, 3.05) is 20.2 Å². The Bertz CT molecular complexity index is 602. The van der Waals surface area contributed by atoms with Gasteiger partial charge in [-0.05, 0) is 51.4 Å². The third-order valence-electron chi connectivity index (χ3n) is 2.91. The maximum Gasteiger partial charge on any atom is 0.341 e. The third-order valence-corrected chi connectivity index (χ3v) is 2.91. The second-order valence-corrected chi connectivity index (χ2v) is 6.22. The Morgan fingerprint density at radius 1 is 1.29 bits per heavy atom. The Kier molecular flexibility index (Phi) is 7.45. The summed E-state index contributed by atoms with van der Waals surface area (Å²) < 4.78 is 9.75. The van der Waals surface area contributed by atoms with Gasteiger partial charge in [-0.1, -0.05) is 18.2 Å². The number of methoxy groups -OCH3 is 1. The molecule has 1 aromatic carbocycles. The van der Waals surface area contributed by atoms with Gasteiger partial charge >= 0.3 is 11.9 Å². The van der Waals surface area contributed by atoms with E-state index < -0.39 is 11.6 Å². The molecule has 0 saturated heterocycles. The minimum Gasteiger partial charge on any atom is -0.507 e. The summed E-state index contributed by atoms with van der Waals surface area (Å²) in [7, 11) is 1.26. The van der Waals surface area contributed by atoms with E-state index in [0.717, 1.165) is 5.56 Å². The van der Waals surface area contributed by atoms with E-state index in [-0.39, 0.29) is 23.8 Å². The molecule has 0 unspecified atom stereocenters. The van der Waals surface area contributed by atoms with Crippen LogP contribution in [0.5, 0.6) is 5.75 Å². The largest absolute Gasteiger partial charge is 0.507 e. The first-order chi connectivity index (χ1) is 11.2. The van der Waals surface area contributed by atoms with E-state index in [4.69, 9.17) is 4.74 Å². The first-order valence-electron chi connectivity index (χ1n) is 7.73. The molecule has 0 bridgehead atoms. The highest BCUT2D eigenvalue weighted by molar-refractivity contribution is 5.92. The number of phenolic OH excluding ortho intramolecular Hbond substituents is 1. The molecule has 0 amide bonds. The van der Waals surface area contributed by atoms with Gasteiger partial charge in [0.15, 0.2) is 0 Å². The zero-order valence-corrected chi connectivity index (χ0v) is 14.6. The van der Waals surface area contributed by atoms with Crippen molar-refractivity contribution in [1.29, 1.82) is 0 Å². The van der Waals surface area contributed by atoms with E-state index in [1.165, 1.54) is 19.2 Å². The van der Waals surface area contributed by atoms with Crippen LogP contribution in [0.25, 0.3) is 6.08 Å². The molecule has 0 aliphatic carbocycles. The zero-order chi connectivity index (χ0) is 18.2. The molecular formula is C18H25NO5. The number of ether oxygens (including phenoxy) is 2. The maximum absolute atomic E-state index is 11.5. The molecule has 0 spiro atoms. The van der Waals surface area contributed by atoms with Crippen LogP contribution in [0.15, 0.2) is 24.3 Å². The molecule has 2 N–H and O–H groups in total. The summed E-state index contributed by atoms with van der Waals surface area (Å²) in [6.45, 7) is 6.28. The Morgan fingerprint density at radius 3 is 2.58 bits per heavy atom. The highest BCUT2D eigenvalue weighted by Crippen LogP contribution is 2.20. The first kappa shape index (κ1) is 19.7. The Labute approximate surface area is 142 Å². The predicted molar refractivity (Wildman–Crippen MR) is 91.8 cm³/mol. The van der Waals surface area contributed by atoms with Crippen molar-refractivity contribution >= 4 is 18.0 Å². The Hall–Kier alpha value is -2.34. The second-order valence-electron chi connectivity index (χ2n) is 6.22. The summed E-state index contributed by atoms with van der Waals surface area (Å²) in [5.41, 5.74) is 0.429. The first-order valence-corrected chi connectivity index (χ1v) is 7.73. The number of benzene rings is 1. The second kappa shape index (κ2) is 9.08. The number of carbonyl (C=O) groups is 2. The summed E-state index contributed by atoms with van der Waals surface area (Å²) >= 11 is 0. The average molecular weight is 335 g/mol. The molecular weight excluding hydrogens is 310 g/mol. The van der Waals surface area contributed by atoms with Gasteiger partial charge in [-0.2, -0.15) is 0 Å². The fraction of sp³-hybridized carbons (Fsp3) is 0.444. The summed E-state index contributed by atoms with van der Waals surface area (Å²) in [6, 6.07) is 4.73. The number of hydrogen-bond donors (Lipinski definition) is 2. The molecule has 0 saturated carbocycles. The van der Waals surface area contributed by atoms with Crippen LogP contribution in [-0.2, 0) is 14.3 Å². The molecule has 1 aromatic rings. The van der Waals surface area contributed by atoms with Crippen molar-refractivity contribution in [2.24, 2.45) is 0 Å². The van der Waals surface area contributed by atoms with Gasteiger partial charge in [0.05, 0.1) is 13.7 Å². The highest BCUT2D eigenvalue weighted by atomic mass is 16.6. The van der Waals surface area contributed by atoms with Gasteiger partial charge in [0.1, 0.15) is 16.9 Å². The molecule has 0 aliphatic heterocycles. The number of rotatable bonds is 7. The molecule has 0 aliphatic rings. The number of phenols is 1. The number of hydrogen-bond acceptors (Lipinski definition) is 6. The number of esters is 2. The van der Waals surface area contributed by atoms with Gasteiger partial charge in [0, 0.05) is 0 Å². The minimum atomic E-state index is -0.575. The minimum absolute atomic E-state index is 0.118. The molecule has 6 nitrogen and oxygen atoms in total. The highest BCUT2D eigenvalue weighted by Gasteiger charge is 2.15. The third kappa shape index (κ3) is 7.28. The zero-order valence-electron chi connectivity index (χ0n) is 14.6. The average Bonchev–Trinajstić information content (AvgIpc) is 2.48. The summed E-state index contributed by atoms with van der Waals surface area (Å²) in [4.78, 5) is 22.9. The van der Waals surface area contributed by atoms with E-state index in [0.29, 0.717) is 13.0 Å². The van der Waals surface area contributed by atoms with E-state index in [9.17, 15) is 14.7 Å². The van der Waals surface area contributed by atoms with Gasteiger partial charge in [-0.3, -0.25) is 4.79 Å². The molecule has 0 atom stereocenters. The lowest BCUT2D eigenvalue weighted by atomic mass is 10.1. The van der Waals surface area contributed by atoms with Crippen LogP contribution in [-0.4, -0.2) is 42.8 Å². The van der Waals surface area contributed by atoms with Gasteiger partial charge < -0.3 is 19.9 Å². The fourth-order valence-corrected chi connectivity index (χ4v) is 1.91. The van der Waals surface area contributed by atoms with E-state index in [1.54, 1.807) is 6.07 Å². The van der Waals surface area contributed by atoms with Crippen LogP contribution in [0.2, 0.25) is 0 Å². The van der Waals surface area contributed by atoms with Crippen molar-refractivity contribution in [3.8, 4) is 5.75 Å². The van der Waals surface area contributed by atoms with Gasteiger partial charge in [0.25, 0.3) is 0 Å². The Morgan fingerprint density at radius 2 is 2.00 bits per heavy atom. The number of nitrogens with one attached hydrogen (secondary N) is 1. The standard InChI is InChI=1S/C18H25NO5/c1-18(2,3)24-16(21)12-19-10-6-5-7-13-8-9-14(15(20)11-13)17(22)23-4/h5,7-9,11,19-20H,6,10,12H2,1-4H3/b7-5+. The summed E-state index contributed by atoms with van der Waals surface area (Å²) in [5.74, 6) is -0.976. The van der Waals surface area contributed by atoms with Gasteiger partial charge in [-0.15, -0.1) is 0 Å². The maximum atomic E-state index is 11.5. The van der Waals surface area contributed by atoms with Crippen LogP contribution < -0.4 is 5.32 Å². The molecule has 0 heterocycles. The molecule has 24 heavy (non-hydrogen) atoms. The lowest BCUT2D eigenvalue weighted by Gasteiger charge is -2.19. The van der Waals surface area contributed by atoms with Crippen LogP contribution in [0.1, 0.15) is 43.1 Å². The topological polar surface area (TPSA) is 84.9 Å². The van der Waals surface area contributed by atoms with Crippen molar-refractivity contribution in [3.63, 3.8) is 0 Å².